The molecule has 0 bridgehead atoms. The Morgan fingerprint density at radius 2 is 2.23 bits per heavy atom. The number of nitrogens with two attached hydrogens (primary N) is 1. The number of aromatic nitrogens is 2. The normalized spacial score (nSPS) is 18.9. The van der Waals surface area contributed by atoms with Crippen LogP contribution in [-0.4, -0.2) is 21.5 Å². The van der Waals surface area contributed by atoms with Gasteiger partial charge in [-0.25, -0.2) is 4.98 Å². The Morgan fingerprint density at radius 1 is 1.41 bits per heavy atom. The first-order valence-corrected chi connectivity index (χ1v) is 7.10. The molecule has 2 aromatic rings. The lowest BCUT2D eigenvalue weighted by molar-refractivity contribution is 0.0618. The minimum absolute atomic E-state index is 0.184. The molecule has 0 saturated carbocycles. The number of nitrogens with zero attached hydrogens (tertiary/aromatic N) is 2. The lowest BCUT2D eigenvalue weighted by Gasteiger charge is -2.38. The zero-order valence-electron chi connectivity index (χ0n) is 12.5. The molecule has 2 heterocycles. The van der Waals surface area contributed by atoms with Gasteiger partial charge < -0.3 is 15.8 Å². The van der Waals surface area contributed by atoms with Gasteiger partial charge in [0.2, 0.25) is 0 Å². The highest BCUT2D eigenvalue weighted by Gasteiger charge is 2.34. The molecule has 1 aliphatic heterocycles. The number of anilines is 1. The van der Waals surface area contributed by atoms with E-state index in [1.807, 2.05) is 26.0 Å². The fourth-order valence-corrected chi connectivity index (χ4v) is 2.65. The molecule has 1 aromatic carbocycles. The van der Waals surface area contributed by atoms with E-state index in [1.165, 1.54) is 18.6 Å². The monoisotopic (exact) mass is 298 g/mol. The number of hydrogen-bond acceptors (Lipinski definition) is 5. The van der Waals surface area contributed by atoms with Gasteiger partial charge in [0.15, 0.2) is 0 Å². The largest absolute Gasteiger partial charge is 0.487 e. The maximum Gasteiger partial charge on any atom is 0.271 e. The van der Waals surface area contributed by atoms with Crippen LogP contribution in [0.1, 0.15) is 42.4 Å². The Bertz CT molecular complexity index is 701. The minimum Gasteiger partial charge on any atom is -0.487 e. The SMILES string of the molecule is CC1(C)CC(NC(=O)c2cnccn2)c2cc(N)ccc2O1. The van der Waals surface area contributed by atoms with Crippen molar-refractivity contribution in [3.05, 3.63) is 48.0 Å². The summed E-state index contributed by atoms with van der Waals surface area (Å²) in [4.78, 5) is 20.3. The van der Waals surface area contributed by atoms with Crippen molar-refractivity contribution in [1.82, 2.24) is 15.3 Å². The number of rotatable bonds is 2. The lowest BCUT2D eigenvalue weighted by atomic mass is 9.89. The van der Waals surface area contributed by atoms with Crippen molar-refractivity contribution in [3.63, 3.8) is 0 Å². The third-order valence-corrected chi connectivity index (χ3v) is 3.59. The minimum atomic E-state index is -0.372. The van der Waals surface area contributed by atoms with E-state index in [2.05, 4.69) is 15.3 Å². The second kappa shape index (κ2) is 5.29. The number of nitrogen functional groups attached to an aromatic ring is 1. The van der Waals surface area contributed by atoms with Gasteiger partial charge in [0.05, 0.1) is 12.2 Å². The highest BCUT2D eigenvalue weighted by Crippen LogP contribution is 2.40. The van der Waals surface area contributed by atoms with Crippen molar-refractivity contribution < 1.29 is 9.53 Å². The zero-order valence-corrected chi connectivity index (χ0v) is 12.5. The molecule has 0 saturated heterocycles. The van der Waals surface area contributed by atoms with E-state index in [0.29, 0.717) is 12.1 Å². The molecule has 0 aliphatic carbocycles. The quantitative estimate of drug-likeness (QED) is 0.829. The summed E-state index contributed by atoms with van der Waals surface area (Å²) in [5.74, 6) is 0.485. The van der Waals surface area contributed by atoms with Crippen LogP contribution in [0.2, 0.25) is 0 Å². The summed E-state index contributed by atoms with van der Waals surface area (Å²) in [7, 11) is 0. The molecule has 114 valence electrons. The van der Waals surface area contributed by atoms with Crippen LogP contribution in [0.5, 0.6) is 5.75 Å². The topological polar surface area (TPSA) is 90.1 Å². The molecule has 1 unspecified atom stereocenters. The molecule has 3 N–H and O–H groups in total. The highest BCUT2D eigenvalue weighted by atomic mass is 16.5. The van der Waals surface area contributed by atoms with Crippen LogP contribution in [0, 0.1) is 0 Å². The van der Waals surface area contributed by atoms with Crippen molar-refractivity contribution in [2.45, 2.75) is 31.9 Å². The molecule has 1 aliphatic rings. The first-order valence-electron chi connectivity index (χ1n) is 7.10. The van der Waals surface area contributed by atoms with Gasteiger partial charge in [0.1, 0.15) is 17.0 Å². The Balaban J connectivity index is 1.90. The van der Waals surface area contributed by atoms with E-state index in [0.717, 1.165) is 11.3 Å². The summed E-state index contributed by atoms with van der Waals surface area (Å²) in [6.45, 7) is 3.99. The Hall–Kier alpha value is -2.63. The van der Waals surface area contributed by atoms with Crippen LogP contribution in [0.4, 0.5) is 5.69 Å². The van der Waals surface area contributed by atoms with Crippen LogP contribution >= 0.6 is 0 Å². The first kappa shape index (κ1) is 14.3. The second-order valence-corrected chi connectivity index (χ2v) is 5.98. The number of hydrogen-bond donors (Lipinski definition) is 2. The average Bonchev–Trinajstić information content (AvgIpc) is 2.48. The Kier molecular flexibility index (Phi) is 3.44. The fourth-order valence-electron chi connectivity index (χ4n) is 2.65. The molecule has 1 amide bonds. The van der Waals surface area contributed by atoms with Gasteiger partial charge >= 0.3 is 0 Å². The van der Waals surface area contributed by atoms with Crippen molar-refractivity contribution in [3.8, 4) is 5.75 Å². The van der Waals surface area contributed by atoms with Gasteiger partial charge in [-0.15, -0.1) is 0 Å². The number of nitrogens with one attached hydrogen (secondary N) is 1. The van der Waals surface area contributed by atoms with Gasteiger partial charge in [-0.3, -0.25) is 9.78 Å². The van der Waals surface area contributed by atoms with Crippen molar-refractivity contribution in [2.24, 2.45) is 0 Å². The number of amides is 1. The van der Waals surface area contributed by atoms with Crippen LogP contribution in [-0.2, 0) is 0 Å². The molecule has 6 heteroatoms. The van der Waals surface area contributed by atoms with Gasteiger partial charge in [0.25, 0.3) is 5.91 Å². The number of ether oxygens (including phenoxy) is 1. The zero-order chi connectivity index (χ0) is 15.7. The lowest BCUT2D eigenvalue weighted by Crippen LogP contribution is -2.41. The van der Waals surface area contributed by atoms with Crippen LogP contribution in [0.3, 0.4) is 0 Å². The fraction of sp³-hybridized carbons (Fsp3) is 0.312. The summed E-state index contributed by atoms with van der Waals surface area (Å²) in [5, 5.41) is 3.00. The molecule has 0 spiro atoms. The van der Waals surface area contributed by atoms with Gasteiger partial charge in [-0.05, 0) is 32.0 Å². The Morgan fingerprint density at radius 3 is 2.95 bits per heavy atom. The molecule has 22 heavy (non-hydrogen) atoms. The van der Waals surface area contributed by atoms with E-state index >= 15 is 0 Å². The maximum absolute atomic E-state index is 12.3. The van der Waals surface area contributed by atoms with Crippen LogP contribution in [0.25, 0.3) is 0 Å². The van der Waals surface area contributed by atoms with E-state index in [9.17, 15) is 4.79 Å². The molecule has 0 fully saturated rings. The summed E-state index contributed by atoms with van der Waals surface area (Å²) in [6.07, 6.45) is 5.12. The number of benzene rings is 1. The standard InChI is InChI=1S/C16H18N4O2/c1-16(2)8-12(11-7-10(17)3-4-14(11)22-16)20-15(21)13-9-18-5-6-19-13/h3-7,9,12H,8,17H2,1-2H3,(H,20,21). The molecule has 1 atom stereocenters. The maximum atomic E-state index is 12.3. The summed E-state index contributed by atoms with van der Waals surface area (Å²) >= 11 is 0. The number of fused-ring (bicyclic) bond motifs is 1. The van der Waals surface area contributed by atoms with E-state index in [1.54, 1.807) is 6.07 Å². The smallest absolute Gasteiger partial charge is 0.271 e. The van der Waals surface area contributed by atoms with Crippen LogP contribution in [0.15, 0.2) is 36.8 Å². The second-order valence-electron chi connectivity index (χ2n) is 5.98. The van der Waals surface area contributed by atoms with Crippen LogP contribution < -0.4 is 15.8 Å². The molecule has 3 rings (SSSR count). The third kappa shape index (κ3) is 2.86. The van der Waals surface area contributed by atoms with Crippen molar-refractivity contribution in [2.75, 3.05) is 5.73 Å². The highest BCUT2D eigenvalue weighted by molar-refractivity contribution is 5.92. The molecular formula is C16H18N4O2. The predicted octanol–water partition coefficient (Wildman–Crippen LogP) is 2.09. The van der Waals surface area contributed by atoms with Gasteiger partial charge in [-0.2, -0.15) is 0 Å². The molecular weight excluding hydrogens is 280 g/mol. The average molecular weight is 298 g/mol. The van der Waals surface area contributed by atoms with Crippen molar-refractivity contribution >= 4 is 11.6 Å². The Labute approximate surface area is 128 Å². The number of carbonyl (C=O) groups is 1. The third-order valence-electron chi connectivity index (χ3n) is 3.59. The van der Waals surface area contributed by atoms with E-state index in [4.69, 9.17) is 10.5 Å². The summed E-state index contributed by atoms with van der Waals surface area (Å²) in [6, 6.07) is 5.29. The van der Waals surface area contributed by atoms with Crippen molar-refractivity contribution in [1.29, 1.82) is 0 Å². The van der Waals surface area contributed by atoms with E-state index in [-0.39, 0.29) is 23.2 Å². The first-order chi connectivity index (χ1) is 10.4. The number of carbonyl (C=O) groups excluding carboxylic acids is 1. The predicted molar refractivity (Wildman–Crippen MR) is 82.4 cm³/mol. The summed E-state index contributed by atoms with van der Waals surface area (Å²) < 4.78 is 5.96. The molecule has 0 radical (unpaired) electrons. The van der Waals surface area contributed by atoms with Gasteiger partial charge in [-0.1, -0.05) is 0 Å². The molecule has 1 aromatic heterocycles. The van der Waals surface area contributed by atoms with Gasteiger partial charge in [0, 0.05) is 30.1 Å². The van der Waals surface area contributed by atoms with E-state index < -0.39 is 0 Å². The summed E-state index contributed by atoms with van der Waals surface area (Å²) in [5.41, 5.74) is 7.31. The molecule has 6 nitrogen and oxygen atoms in total.